The van der Waals surface area contributed by atoms with Gasteiger partial charge in [-0.1, -0.05) is 25.1 Å². The van der Waals surface area contributed by atoms with Gasteiger partial charge in [0, 0.05) is 5.56 Å². The molecule has 0 aromatic heterocycles. The lowest BCUT2D eigenvalue weighted by Crippen LogP contribution is -2.11. The number of hydrogen-bond acceptors (Lipinski definition) is 3. The lowest BCUT2D eigenvalue weighted by Gasteiger charge is -2.12. The van der Waals surface area contributed by atoms with Gasteiger partial charge in [0.25, 0.3) is 10.1 Å². The first kappa shape index (κ1) is 11.0. The summed E-state index contributed by atoms with van der Waals surface area (Å²) in [4.78, 5) is 0. The van der Waals surface area contributed by atoms with E-state index < -0.39 is 15.4 Å². The fourth-order valence-corrected chi connectivity index (χ4v) is 2.29. The summed E-state index contributed by atoms with van der Waals surface area (Å²) in [6, 6.07) is 6.08. The first-order chi connectivity index (χ1) is 6.46. The largest absolute Gasteiger partial charge is 0.508 e. The molecule has 0 spiro atoms. The zero-order valence-electron chi connectivity index (χ0n) is 7.71. The smallest absolute Gasteiger partial charge is 0.272 e. The Morgan fingerprint density at radius 1 is 1.36 bits per heavy atom. The lowest BCUT2D eigenvalue weighted by molar-refractivity contribution is 0.447. The summed E-state index contributed by atoms with van der Waals surface area (Å²) in [7, 11) is -4.15. The molecule has 14 heavy (non-hydrogen) atoms. The van der Waals surface area contributed by atoms with Crippen LogP contribution >= 0.6 is 0 Å². The molecule has 5 heteroatoms. The maximum Gasteiger partial charge on any atom is 0.272 e. The molecule has 0 aliphatic heterocycles. The zero-order chi connectivity index (χ0) is 10.8. The van der Waals surface area contributed by atoms with Gasteiger partial charge in [-0.25, -0.2) is 0 Å². The molecule has 0 aliphatic rings. The second kappa shape index (κ2) is 3.98. The minimum atomic E-state index is -4.15. The van der Waals surface area contributed by atoms with E-state index in [0.29, 0.717) is 0 Å². The van der Waals surface area contributed by atoms with Crippen molar-refractivity contribution in [2.24, 2.45) is 0 Å². The summed E-state index contributed by atoms with van der Waals surface area (Å²) in [5, 5.41) is 8.35. The molecule has 0 saturated heterocycles. The second-order valence-corrected chi connectivity index (χ2v) is 4.57. The standard InChI is InChI=1S/C9H12O4S/c1-2-9(14(11,12)13)7-5-3-4-6-8(7)10/h3-6,9-10H,2H2,1H3,(H,11,12,13). The molecule has 0 bridgehead atoms. The molecule has 0 aliphatic carbocycles. The van der Waals surface area contributed by atoms with E-state index in [-0.39, 0.29) is 17.7 Å². The van der Waals surface area contributed by atoms with Crippen molar-refractivity contribution in [1.82, 2.24) is 0 Å². The van der Waals surface area contributed by atoms with Gasteiger partial charge < -0.3 is 5.11 Å². The number of phenolic OH excluding ortho intramolecular Hbond substituents is 1. The summed E-state index contributed by atoms with van der Waals surface area (Å²) in [6.07, 6.45) is 0.219. The monoisotopic (exact) mass is 216 g/mol. The Kier molecular flexibility index (Phi) is 3.13. The van der Waals surface area contributed by atoms with Gasteiger partial charge >= 0.3 is 0 Å². The van der Waals surface area contributed by atoms with Gasteiger partial charge in [0.1, 0.15) is 11.0 Å². The van der Waals surface area contributed by atoms with Crippen LogP contribution in [0.25, 0.3) is 0 Å². The molecule has 0 radical (unpaired) electrons. The van der Waals surface area contributed by atoms with Crippen molar-refractivity contribution in [3.05, 3.63) is 29.8 Å². The average molecular weight is 216 g/mol. The van der Waals surface area contributed by atoms with Crippen molar-refractivity contribution < 1.29 is 18.1 Å². The molecule has 1 unspecified atom stereocenters. The van der Waals surface area contributed by atoms with Gasteiger partial charge in [-0.05, 0) is 12.5 Å². The van der Waals surface area contributed by atoms with E-state index in [1.807, 2.05) is 0 Å². The van der Waals surface area contributed by atoms with E-state index in [4.69, 9.17) is 4.55 Å². The Balaban J connectivity index is 3.21. The van der Waals surface area contributed by atoms with Crippen LogP contribution in [0.4, 0.5) is 0 Å². The van der Waals surface area contributed by atoms with Crippen LogP contribution in [0.2, 0.25) is 0 Å². The predicted octanol–water partition coefficient (Wildman–Crippen LogP) is 1.73. The topological polar surface area (TPSA) is 74.6 Å². The lowest BCUT2D eigenvalue weighted by atomic mass is 10.1. The molecule has 0 amide bonds. The minimum absolute atomic E-state index is 0.114. The number of para-hydroxylation sites is 1. The second-order valence-electron chi connectivity index (χ2n) is 2.97. The third kappa shape index (κ3) is 2.24. The summed E-state index contributed by atoms with van der Waals surface area (Å²) >= 11 is 0. The summed E-state index contributed by atoms with van der Waals surface area (Å²) in [6.45, 7) is 1.63. The van der Waals surface area contributed by atoms with Crippen LogP contribution < -0.4 is 0 Å². The molecule has 2 N–H and O–H groups in total. The maximum atomic E-state index is 11.0. The van der Waals surface area contributed by atoms with E-state index >= 15 is 0 Å². The van der Waals surface area contributed by atoms with E-state index in [1.54, 1.807) is 19.1 Å². The van der Waals surface area contributed by atoms with Crippen LogP contribution in [-0.4, -0.2) is 18.1 Å². The van der Waals surface area contributed by atoms with Gasteiger partial charge in [0.15, 0.2) is 0 Å². The Bertz CT molecular complexity index is 411. The maximum absolute atomic E-state index is 11.0. The Hall–Kier alpha value is -1.07. The van der Waals surface area contributed by atoms with Gasteiger partial charge in [-0.15, -0.1) is 0 Å². The van der Waals surface area contributed by atoms with Crippen LogP contribution in [0.1, 0.15) is 24.2 Å². The molecule has 1 aromatic carbocycles. The normalized spacial score (nSPS) is 13.9. The van der Waals surface area contributed by atoms with Crippen molar-refractivity contribution in [2.75, 3.05) is 0 Å². The summed E-state index contributed by atoms with van der Waals surface area (Å²) in [5.41, 5.74) is 0.234. The van der Waals surface area contributed by atoms with Gasteiger partial charge in [0.05, 0.1) is 0 Å². The van der Waals surface area contributed by atoms with Crippen molar-refractivity contribution in [1.29, 1.82) is 0 Å². The van der Waals surface area contributed by atoms with Crippen LogP contribution in [0.3, 0.4) is 0 Å². The highest BCUT2D eigenvalue weighted by atomic mass is 32.2. The van der Waals surface area contributed by atoms with Crippen LogP contribution in [0.5, 0.6) is 5.75 Å². The summed E-state index contributed by atoms with van der Waals surface area (Å²) in [5.74, 6) is -0.114. The van der Waals surface area contributed by atoms with Crippen molar-refractivity contribution >= 4 is 10.1 Å². The molecule has 0 saturated carbocycles. The van der Waals surface area contributed by atoms with Crippen LogP contribution in [0, 0.1) is 0 Å². The molecule has 4 nitrogen and oxygen atoms in total. The van der Waals surface area contributed by atoms with Gasteiger partial charge in [0.2, 0.25) is 0 Å². The molecular formula is C9H12O4S. The third-order valence-electron chi connectivity index (χ3n) is 2.01. The zero-order valence-corrected chi connectivity index (χ0v) is 8.53. The molecule has 78 valence electrons. The average Bonchev–Trinajstić information content (AvgIpc) is 2.07. The third-order valence-corrected chi connectivity index (χ3v) is 3.32. The molecule has 1 rings (SSSR count). The van der Waals surface area contributed by atoms with E-state index in [2.05, 4.69) is 0 Å². The number of rotatable bonds is 3. The molecule has 0 heterocycles. The number of benzene rings is 1. The Morgan fingerprint density at radius 3 is 2.36 bits per heavy atom. The van der Waals surface area contributed by atoms with Crippen molar-refractivity contribution in [3.8, 4) is 5.75 Å². The fraction of sp³-hybridized carbons (Fsp3) is 0.333. The van der Waals surface area contributed by atoms with E-state index in [1.165, 1.54) is 12.1 Å². The highest BCUT2D eigenvalue weighted by Crippen LogP contribution is 2.31. The van der Waals surface area contributed by atoms with Gasteiger partial charge in [-0.3, -0.25) is 4.55 Å². The van der Waals surface area contributed by atoms with Crippen molar-refractivity contribution in [2.45, 2.75) is 18.6 Å². The van der Waals surface area contributed by atoms with Gasteiger partial charge in [-0.2, -0.15) is 8.42 Å². The first-order valence-corrected chi connectivity index (χ1v) is 5.71. The Labute approximate surface area is 82.9 Å². The van der Waals surface area contributed by atoms with Crippen molar-refractivity contribution in [3.63, 3.8) is 0 Å². The molecule has 1 atom stereocenters. The van der Waals surface area contributed by atoms with E-state index in [9.17, 15) is 13.5 Å². The summed E-state index contributed by atoms with van der Waals surface area (Å²) < 4.78 is 30.8. The molecular weight excluding hydrogens is 204 g/mol. The first-order valence-electron chi connectivity index (χ1n) is 4.21. The van der Waals surface area contributed by atoms with Crippen LogP contribution in [0.15, 0.2) is 24.3 Å². The highest BCUT2D eigenvalue weighted by molar-refractivity contribution is 7.86. The number of hydrogen-bond donors (Lipinski definition) is 2. The number of aromatic hydroxyl groups is 1. The van der Waals surface area contributed by atoms with E-state index in [0.717, 1.165) is 0 Å². The SMILES string of the molecule is CCC(c1ccccc1O)S(=O)(=O)O. The quantitative estimate of drug-likeness (QED) is 0.754. The minimum Gasteiger partial charge on any atom is -0.508 e. The predicted molar refractivity (Wildman–Crippen MR) is 52.7 cm³/mol. The molecule has 0 fully saturated rings. The van der Waals surface area contributed by atoms with Crippen LogP contribution in [-0.2, 0) is 10.1 Å². The molecule has 1 aromatic rings. The highest BCUT2D eigenvalue weighted by Gasteiger charge is 2.25. The number of phenols is 1. The fourth-order valence-electron chi connectivity index (χ4n) is 1.35. The Morgan fingerprint density at radius 2 is 1.93 bits per heavy atom.